The van der Waals surface area contributed by atoms with Crippen LogP contribution in [0.2, 0.25) is 0 Å². The first-order valence-corrected chi connectivity index (χ1v) is 8.05. The average Bonchev–Trinajstić information content (AvgIpc) is 2.40. The summed E-state index contributed by atoms with van der Waals surface area (Å²) in [6.45, 7) is 3.27. The Bertz CT molecular complexity index is 460. The van der Waals surface area contributed by atoms with E-state index in [-0.39, 0.29) is 0 Å². The number of hydrogen-bond donors (Lipinski definition) is 1. The number of anilines is 2. The molecule has 5 rings (SSSR count). The van der Waals surface area contributed by atoms with Crippen molar-refractivity contribution in [3.63, 3.8) is 0 Å². The second-order valence-corrected chi connectivity index (χ2v) is 7.20. The van der Waals surface area contributed by atoms with E-state index >= 15 is 0 Å². The van der Waals surface area contributed by atoms with E-state index in [1.165, 1.54) is 38.5 Å². The predicted octanol–water partition coefficient (Wildman–Crippen LogP) is 2.85. The molecule has 2 N–H and O–H groups in total. The molecular weight excluding hydrogens is 248 g/mol. The summed E-state index contributed by atoms with van der Waals surface area (Å²) in [7, 11) is 0. The topological polar surface area (TPSA) is 55.0 Å². The fourth-order valence-electron chi connectivity index (χ4n) is 5.62. The van der Waals surface area contributed by atoms with Gasteiger partial charge in [0.15, 0.2) is 5.82 Å². The SMILES string of the molecule is CCN(c1ccc(N)nn1)C12CC3CC(CC(C3)C1)C2. The molecule has 1 heterocycles. The largest absolute Gasteiger partial charge is 0.382 e. The number of hydrogen-bond acceptors (Lipinski definition) is 4. The maximum Gasteiger partial charge on any atom is 0.151 e. The number of aromatic nitrogens is 2. The van der Waals surface area contributed by atoms with Gasteiger partial charge in [-0.2, -0.15) is 0 Å². The van der Waals surface area contributed by atoms with Crippen molar-refractivity contribution in [3.8, 4) is 0 Å². The number of rotatable bonds is 3. The Morgan fingerprint density at radius 3 is 2.15 bits per heavy atom. The highest BCUT2D eigenvalue weighted by Crippen LogP contribution is 2.58. The first kappa shape index (κ1) is 12.4. The highest BCUT2D eigenvalue weighted by molar-refractivity contribution is 5.45. The van der Waals surface area contributed by atoms with Gasteiger partial charge in [-0.1, -0.05) is 0 Å². The molecule has 108 valence electrons. The van der Waals surface area contributed by atoms with Crippen LogP contribution in [0.5, 0.6) is 0 Å². The van der Waals surface area contributed by atoms with Crippen LogP contribution in [0.15, 0.2) is 12.1 Å². The minimum Gasteiger partial charge on any atom is -0.382 e. The van der Waals surface area contributed by atoms with Crippen LogP contribution in [-0.2, 0) is 0 Å². The maximum absolute atomic E-state index is 5.68. The van der Waals surface area contributed by atoms with Crippen molar-refractivity contribution in [3.05, 3.63) is 12.1 Å². The van der Waals surface area contributed by atoms with Gasteiger partial charge in [-0.15, -0.1) is 10.2 Å². The van der Waals surface area contributed by atoms with Crippen molar-refractivity contribution in [2.24, 2.45) is 17.8 Å². The number of nitrogens with zero attached hydrogens (tertiary/aromatic N) is 3. The van der Waals surface area contributed by atoms with Crippen LogP contribution in [0.4, 0.5) is 11.6 Å². The second-order valence-electron chi connectivity index (χ2n) is 7.20. The van der Waals surface area contributed by atoms with Crippen LogP contribution in [0.25, 0.3) is 0 Å². The first-order valence-electron chi connectivity index (χ1n) is 8.05. The molecule has 4 heteroatoms. The molecule has 1 aromatic heterocycles. The van der Waals surface area contributed by atoms with Gasteiger partial charge in [-0.25, -0.2) is 0 Å². The third-order valence-electron chi connectivity index (χ3n) is 5.84. The number of nitrogens with two attached hydrogens (primary N) is 1. The fourth-order valence-corrected chi connectivity index (χ4v) is 5.62. The summed E-state index contributed by atoms with van der Waals surface area (Å²) in [5, 5.41) is 8.42. The van der Waals surface area contributed by atoms with Crippen LogP contribution >= 0.6 is 0 Å². The lowest BCUT2D eigenvalue weighted by Gasteiger charge is -2.60. The summed E-state index contributed by atoms with van der Waals surface area (Å²) in [5.74, 6) is 4.39. The zero-order valence-electron chi connectivity index (χ0n) is 12.3. The first-order chi connectivity index (χ1) is 9.68. The van der Waals surface area contributed by atoms with Gasteiger partial charge in [0.05, 0.1) is 0 Å². The van der Waals surface area contributed by atoms with Gasteiger partial charge in [-0.3, -0.25) is 0 Å². The Balaban J connectivity index is 1.68. The molecule has 4 fully saturated rings. The molecule has 4 bridgehead atoms. The Labute approximate surface area is 120 Å². The van der Waals surface area contributed by atoms with E-state index in [0.29, 0.717) is 11.4 Å². The van der Waals surface area contributed by atoms with Crippen LogP contribution in [0, 0.1) is 17.8 Å². The van der Waals surface area contributed by atoms with Crippen LogP contribution in [0.1, 0.15) is 45.4 Å². The van der Waals surface area contributed by atoms with Gasteiger partial charge in [0.25, 0.3) is 0 Å². The minimum atomic E-state index is 0.355. The molecule has 0 aromatic carbocycles. The maximum atomic E-state index is 5.68. The Morgan fingerprint density at radius 1 is 1.10 bits per heavy atom. The lowest BCUT2D eigenvalue weighted by molar-refractivity contribution is -0.00424. The summed E-state index contributed by atoms with van der Waals surface area (Å²) < 4.78 is 0. The van der Waals surface area contributed by atoms with Crippen molar-refractivity contribution in [2.45, 2.75) is 51.0 Å². The van der Waals surface area contributed by atoms with Crippen LogP contribution in [-0.4, -0.2) is 22.3 Å². The summed E-state index contributed by atoms with van der Waals surface area (Å²) in [4.78, 5) is 2.53. The van der Waals surface area contributed by atoms with Gasteiger partial charge in [0, 0.05) is 12.1 Å². The van der Waals surface area contributed by atoms with Crippen molar-refractivity contribution in [1.82, 2.24) is 10.2 Å². The lowest BCUT2D eigenvalue weighted by atomic mass is 9.52. The summed E-state index contributed by atoms with van der Waals surface area (Å²) >= 11 is 0. The lowest BCUT2D eigenvalue weighted by Crippen LogP contribution is -2.60. The van der Waals surface area contributed by atoms with Crippen molar-refractivity contribution in [2.75, 3.05) is 17.2 Å². The van der Waals surface area contributed by atoms with E-state index in [2.05, 4.69) is 22.0 Å². The van der Waals surface area contributed by atoms with Crippen molar-refractivity contribution < 1.29 is 0 Å². The van der Waals surface area contributed by atoms with Gasteiger partial charge in [0.1, 0.15) is 5.82 Å². The normalized spacial score (nSPS) is 38.1. The predicted molar refractivity (Wildman–Crippen MR) is 80.4 cm³/mol. The molecule has 0 saturated heterocycles. The van der Waals surface area contributed by atoms with Gasteiger partial charge >= 0.3 is 0 Å². The van der Waals surface area contributed by atoms with Crippen LogP contribution in [0.3, 0.4) is 0 Å². The van der Waals surface area contributed by atoms with Gasteiger partial charge in [-0.05, 0) is 75.3 Å². The third-order valence-corrected chi connectivity index (χ3v) is 5.84. The molecule has 0 unspecified atom stereocenters. The molecule has 4 saturated carbocycles. The van der Waals surface area contributed by atoms with E-state index in [9.17, 15) is 0 Å². The average molecular weight is 272 g/mol. The van der Waals surface area contributed by atoms with E-state index in [0.717, 1.165) is 30.1 Å². The molecule has 4 aliphatic carbocycles. The fraction of sp³-hybridized carbons (Fsp3) is 0.750. The Hall–Kier alpha value is -1.32. The highest BCUT2D eigenvalue weighted by atomic mass is 15.3. The smallest absolute Gasteiger partial charge is 0.151 e. The zero-order valence-corrected chi connectivity index (χ0v) is 12.3. The van der Waals surface area contributed by atoms with Gasteiger partial charge < -0.3 is 10.6 Å². The van der Waals surface area contributed by atoms with Crippen molar-refractivity contribution in [1.29, 1.82) is 0 Å². The quantitative estimate of drug-likeness (QED) is 0.919. The second kappa shape index (κ2) is 4.34. The Kier molecular flexibility index (Phi) is 2.69. The molecule has 4 nitrogen and oxygen atoms in total. The molecule has 1 aromatic rings. The summed E-state index contributed by atoms with van der Waals surface area (Å²) in [6, 6.07) is 3.93. The highest BCUT2D eigenvalue weighted by Gasteiger charge is 2.53. The molecule has 0 radical (unpaired) electrons. The van der Waals surface area contributed by atoms with Crippen molar-refractivity contribution >= 4 is 11.6 Å². The monoisotopic (exact) mass is 272 g/mol. The molecule has 20 heavy (non-hydrogen) atoms. The minimum absolute atomic E-state index is 0.355. The van der Waals surface area contributed by atoms with Crippen LogP contribution < -0.4 is 10.6 Å². The molecule has 0 amide bonds. The van der Waals surface area contributed by atoms with E-state index in [1.54, 1.807) is 0 Å². The van der Waals surface area contributed by atoms with E-state index in [1.807, 2.05) is 12.1 Å². The molecule has 4 aliphatic rings. The molecule has 0 spiro atoms. The molecular formula is C16H24N4. The number of nitrogen functional groups attached to an aromatic ring is 1. The van der Waals surface area contributed by atoms with Gasteiger partial charge in [0.2, 0.25) is 0 Å². The molecule has 0 aliphatic heterocycles. The third kappa shape index (κ3) is 1.80. The summed E-state index contributed by atoms with van der Waals surface area (Å²) in [5.41, 5.74) is 6.04. The Morgan fingerprint density at radius 2 is 1.70 bits per heavy atom. The van der Waals surface area contributed by atoms with E-state index in [4.69, 9.17) is 5.73 Å². The van der Waals surface area contributed by atoms with E-state index < -0.39 is 0 Å². The summed E-state index contributed by atoms with van der Waals surface area (Å²) in [6.07, 6.45) is 8.51. The standard InChI is InChI=1S/C16H24N4/c1-2-20(15-4-3-14(17)18-19-15)16-8-11-5-12(9-16)7-13(6-11)10-16/h3-4,11-13H,2,5-10H2,1H3,(H2,17,18). The molecule has 0 atom stereocenters. The zero-order chi connectivity index (χ0) is 13.7.